The molecule has 1 aromatic carbocycles. The molecule has 4 rings (SSSR count). The smallest absolute Gasteiger partial charge is 0.191 e. The number of ether oxygens (including phenoxy) is 2. The van der Waals surface area contributed by atoms with Crippen molar-refractivity contribution in [1.82, 2.24) is 10.6 Å². The molecule has 0 radical (unpaired) electrons. The summed E-state index contributed by atoms with van der Waals surface area (Å²) < 4.78 is 37.8. The Morgan fingerprint density at radius 2 is 2.19 bits per heavy atom. The van der Waals surface area contributed by atoms with Crippen LogP contribution < -0.4 is 15.4 Å². The summed E-state index contributed by atoms with van der Waals surface area (Å²) in [5.41, 5.74) is 0.284. The van der Waals surface area contributed by atoms with Crippen LogP contribution in [0.1, 0.15) is 25.7 Å². The number of hydrogen-bond donors (Lipinski definition) is 2. The van der Waals surface area contributed by atoms with Gasteiger partial charge in [0, 0.05) is 37.1 Å². The largest absolute Gasteiger partial charge is 0.489 e. The summed E-state index contributed by atoms with van der Waals surface area (Å²) in [6, 6.07) is 3.71. The van der Waals surface area contributed by atoms with Gasteiger partial charge in [-0.15, -0.1) is 24.0 Å². The van der Waals surface area contributed by atoms with Crippen molar-refractivity contribution in [3.05, 3.63) is 29.8 Å². The van der Waals surface area contributed by atoms with Crippen LogP contribution in [0, 0.1) is 23.0 Å². The van der Waals surface area contributed by atoms with Crippen molar-refractivity contribution >= 4 is 29.9 Å². The van der Waals surface area contributed by atoms with Crippen molar-refractivity contribution < 1.29 is 18.3 Å². The maximum Gasteiger partial charge on any atom is 0.191 e. The van der Waals surface area contributed by atoms with E-state index in [1.807, 2.05) is 0 Å². The minimum Gasteiger partial charge on any atom is -0.489 e. The third-order valence-electron chi connectivity index (χ3n) is 6.10. The third-order valence-corrected chi connectivity index (χ3v) is 6.10. The molecule has 1 saturated heterocycles. The molecule has 3 unspecified atom stereocenters. The highest BCUT2D eigenvalue weighted by atomic mass is 127. The van der Waals surface area contributed by atoms with Crippen molar-refractivity contribution in [2.75, 3.05) is 26.8 Å². The van der Waals surface area contributed by atoms with Crippen LogP contribution in [0.15, 0.2) is 23.2 Å². The van der Waals surface area contributed by atoms with Gasteiger partial charge in [0.15, 0.2) is 17.5 Å². The second kappa shape index (κ2) is 8.46. The Morgan fingerprint density at radius 3 is 2.85 bits per heavy atom. The number of fused-ring (bicyclic) bond motifs is 2. The quantitative estimate of drug-likeness (QED) is 0.287. The van der Waals surface area contributed by atoms with Gasteiger partial charge in [0.05, 0.1) is 12.6 Å². The van der Waals surface area contributed by atoms with Gasteiger partial charge in [-0.25, -0.2) is 8.78 Å². The number of guanidine groups is 1. The van der Waals surface area contributed by atoms with E-state index in [9.17, 15) is 8.78 Å². The number of nitrogens with one attached hydrogen (secondary N) is 2. The number of halogens is 3. The van der Waals surface area contributed by atoms with Gasteiger partial charge in [-0.1, -0.05) is 6.42 Å². The molecule has 0 aromatic heterocycles. The molecular formula is C19H26F2IN3O2. The number of benzene rings is 1. The van der Waals surface area contributed by atoms with Gasteiger partial charge in [-0.3, -0.25) is 4.99 Å². The molecule has 8 heteroatoms. The SMILES string of the molecule is CN=C(NCCOc1ccc(F)cc1F)NC1C2CCOC2C12CCC2.I. The Kier molecular flexibility index (Phi) is 6.45. The normalized spacial score (nSPS) is 27.8. The lowest BCUT2D eigenvalue weighted by atomic mass is 9.46. The van der Waals surface area contributed by atoms with Crippen molar-refractivity contribution in [3.8, 4) is 5.75 Å². The predicted molar refractivity (Wildman–Crippen MR) is 110 cm³/mol. The molecule has 1 heterocycles. The maximum absolute atomic E-state index is 13.5. The Bertz CT molecular complexity index is 700. The van der Waals surface area contributed by atoms with Gasteiger partial charge >= 0.3 is 0 Å². The van der Waals surface area contributed by atoms with Crippen LogP contribution in [0.2, 0.25) is 0 Å². The first-order valence-electron chi connectivity index (χ1n) is 9.31. The molecule has 1 spiro atoms. The standard InChI is InChI=1S/C19H25F2N3O2.HI/c1-22-18(23-8-10-25-15-4-3-12(20)11-14(15)21)24-16-13-5-9-26-17(13)19(16)6-2-7-19;/h3-4,11,13,16-17H,2,5-10H2,1H3,(H2,22,23,24);1H. The molecule has 2 aliphatic carbocycles. The first-order valence-corrected chi connectivity index (χ1v) is 9.31. The van der Waals surface area contributed by atoms with E-state index >= 15 is 0 Å². The van der Waals surface area contributed by atoms with Crippen molar-refractivity contribution in [1.29, 1.82) is 0 Å². The average molecular weight is 493 g/mol. The van der Waals surface area contributed by atoms with Crippen LogP contribution >= 0.6 is 24.0 Å². The van der Waals surface area contributed by atoms with Crippen LogP contribution in [-0.4, -0.2) is 44.9 Å². The summed E-state index contributed by atoms with van der Waals surface area (Å²) in [7, 11) is 1.74. The number of aliphatic imine (C=N–C) groups is 1. The molecule has 3 fully saturated rings. The highest BCUT2D eigenvalue weighted by molar-refractivity contribution is 14.0. The van der Waals surface area contributed by atoms with Gasteiger partial charge in [-0.05, 0) is 31.4 Å². The number of nitrogens with zero attached hydrogens (tertiary/aromatic N) is 1. The summed E-state index contributed by atoms with van der Waals surface area (Å²) in [6.07, 6.45) is 5.23. The molecule has 1 aromatic rings. The third kappa shape index (κ3) is 3.74. The zero-order chi connectivity index (χ0) is 18.1. The van der Waals surface area contributed by atoms with Crippen molar-refractivity contribution in [3.63, 3.8) is 0 Å². The van der Waals surface area contributed by atoms with Crippen LogP contribution in [0.4, 0.5) is 8.78 Å². The average Bonchev–Trinajstić information content (AvgIpc) is 2.99. The van der Waals surface area contributed by atoms with E-state index in [1.54, 1.807) is 7.05 Å². The molecule has 0 amide bonds. The van der Waals surface area contributed by atoms with Gasteiger partial charge in [0.25, 0.3) is 0 Å². The van der Waals surface area contributed by atoms with Crippen LogP contribution in [-0.2, 0) is 4.74 Å². The van der Waals surface area contributed by atoms with Crippen LogP contribution in [0.25, 0.3) is 0 Å². The van der Waals surface area contributed by atoms with E-state index in [2.05, 4.69) is 15.6 Å². The van der Waals surface area contributed by atoms with E-state index in [-0.39, 0.29) is 41.7 Å². The van der Waals surface area contributed by atoms with E-state index in [0.29, 0.717) is 24.6 Å². The monoisotopic (exact) mass is 493 g/mol. The predicted octanol–water partition coefficient (Wildman–Crippen LogP) is 3.08. The van der Waals surface area contributed by atoms with E-state index in [1.165, 1.54) is 31.4 Å². The second-order valence-electron chi connectivity index (χ2n) is 7.37. The zero-order valence-corrected chi connectivity index (χ0v) is 17.7. The molecule has 2 saturated carbocycles. The fourth-order valence-electron chi connectivity index (χ4n) is 4.72. The summed E-state index contributed by atoms with van der Waals surface area (Å²) in [5, 5.41) is 6.78. The minimum absolute atomic E-state index is 0. The van der Waals surface area contributed by atoms with E-state index in [0.717, 1.165) is 25.1 Å². The number of hydrogen-bond acceptors (Lipinski definition) is 3. The molecule has 1 aliphatic heterocycles. The zero-order valence-electron chi connectivity index (χ0n) is 15.3. The molecule has 2 N–H and O–H groups in total. The molecule has 5 nitrogen and oxygen atoms in total. The topological polar surface area (TPSA) is 54.9 Å². The molecule has 27 heavy (non-hydrogen) atoms. The fraction of sp³-hybridized carbons (Fsp3) is 0.632. The molecule has 150 valence electrons. The highest BCUT2D eigenvalue weighted by Crippen LogP contribution is 2.62. The first kappa shape index (κ1) is 20.6. The second-order valence-corrected chi connectivity index (χ2v) is 7.37. The minimum atomic E-state index is -0.693. The summed E-state index contributed by atoms with van der Waals surface area (Å²) >= 11 is 0. The summed E-state index contributed by atoms with van der Waals surface area (Å²) in [6.45, 7) is 1.59. The maximum atomic E-state index is 13.5. The van der Waals surface area contributed by atoms with Crippen molar-refractivity contribution in [2.45, 2.75) is 37.8 Å². The van der Waals surface area contributed by atoms with Gasteiger partial charge < -0.3 is 20.1 Å². The van der Waals surface area contributed by atoms with Gasteiger partial charge in [-0.2, -0.15) is 0 Å². The molecule has 3 aliphatic rings. The van der Waals surface area contributed by atoms with Gasteiger partial charge in [0.2, 0.25) is 0 Å². The van der Waals surface area contributed by atoms with Crippen LogP contribution in [0.3, 0.4) is 0 Å². The summed E-state index contributed by atoms with van der Waals surface area (Å²) in [5.74, 6) is 0.0427. The lowest BCUT2D eigenvalue weighted by Crippen LogP contribution is -2.72. The lowest BCUT2D eigenvalue weighted by Gasteiger charge is -2.63. The summed E-state index contributed by atoms with van der Waals surface area (Å²) in [4.78, 5) is 4.30. The Balaban J connectivity index is 0.00000210. The highest BCUT2D eigenvalue weighted by Gasteiger charge is 2.66. The van der Waals surface area contributed by atoms with E-state index < -0.39 is 11.6 Å². The molecule has 3 atom stereocenters. The van der Waals surface area contributed by atoms with Crippen LogP contribution in [0.5, 0.6) is 5.75 Å². The fourth-order valence-corrected chi connectivity index (χ4v) is 4.72. The Labute approximate surface area is 175 Å². The van der Waals surface area contributed by atoms with E-state index in [4.69, 9.17) is 9.47 Å². The Hall–Kier alpha value is -1.16. The van der Waals surface area contributed by atoms with Gasteiger partial charge in [0.1, 0.15) is 12.4 Å². The molecule has 0 bridgehead atoms. The number of rotatable bonds is 5. The van der Waals surface area contributed by atoms with Crippen molar-refractivity contribution in [2.24, 2.45) is 16.3 Å². The lowest BCUT2D eigenvalue weighted by molar-refractivity contribution is -0.171. The first-order chi connectivity index (χ1) is 12.6. The Morgan fingerprint density at radius 1 is 1.37 bits per heavy atom. The molecular weight excluding hydrogens is 467 g/mol.